The third-order valence-corrected chi connectivity index (χ3v) is 3.92. The molecule has 2 aromatic carbocycles. The third-order valence-electron chi connectivity index (χ3n) is 3.92. The van der Waals surface area contributed by atoms with Crippen LogP contribution in [0.4, 0.5) is 5.69 Å². The molecule has 0 unspecified atom stereocenters. The molecule has 27 heavy (non-hydrogen) atoms. The van der Waals surface area contributed by atoms with Gasteiger partial charge in [0.05, 0.1) is 19.1 Å². The summed E-state index contributed by atoms with van der Waals surface area (Å²) in [6.45, 7) is 1.90. The highest BCUT2D eigenvalue weighted by molar-refractivity contribution is 5.77. The zero-order valence-corrected chi connectivity index (χ0v) is 15.5. The Balaban J connectivity index is 1.80. The molecule has 0 bridgehead atoms. The van der Waals surface area contributed by atoms with Crippen LogP contribution in [0.2, 0.25) is 0 Å². The van der Waals surface area contributed by atoms with Crippen molar-refractivity contribution in [1.82, 2.24) is 5.32 Å². The van der Waals surface area contributed by atoms with Crippen LogP contribution < -0.4 is 19.5 Å². The molecule has 1 N–H and O–H groups in total. The minimum Gasteiger partial charge on any atom is -0.493 e. The summed E-state index contributed by atoms with van der Waals surface area (Å²) < 4.78 is 15.8. The van der Waals surface area contributed by atoms with Gasteiger partial charge in [0.1, 0.15) is 5.75 Å². The first-order chi connectivity index (χ1) is 12.9. The lowest BCUT2D eigenvalue weighted by molar-refractivity contribution is -0.385. The van der Waals surface area contributed by atoms with E-state index < -0.39 is 4.92 Å². The molecule has 8 nitrogen and oxygen atoms in total. The normalized spacial score (nSPS) is 10.2. The minimum absolute atomic E-state index is 0.0155. The lowest BCUT2D eigenvalue weighted by Crippen LogP contribution is -2.30. The number of nitro benzene ring substituents is 1. The molecule has 144 valence electrons. The number of aryl methyl sites for hydroxylation is 1. The number of hydrogen-bond acceptors (Lipinski definition) is 6. The van der Waals surface area contributed by atoms with Gasteiger partial charge in [-0.1, -0.05) is 6.07 Å². The first-order valence-electron chi connectivity index (χ1n) is 8.30. The quantitative estimate of drug-likeness (QED) is 0.535. The summed E-state index contributed by atoms with van der Waals surface area (Å²) in [5.74, 6) is 1.43. The molecule has 0 saturated carbocycles. The van der Waals surface area contributed by atoms with Crippen molar-refractivity contribution >= 4 is 11.6 Å². The average Bonchev–Trinajstić information content (AvgIpc) is 2.66. The summed E-state index contributed by atoms with van der Waals surface area (Å²) in [6, 6.07) is 9.96. The predicted molar refractivity (Wildman–Crippen MR) is 99.6 cm³/mol. The second-order valence-electron chi connectivity index (χ2n) is 5.78. The van der Waals surface area contributed by atoms with E-state index in [2.05, 4.69) is 5.32 Å². The average molecular weight is 374 g/mol. The van der Waals surface area contributed by atoms with Crippen LogP contribution in [0.15, 0.2) is 36.4 Å². The van der Waals surface area contributed by atoms with Crippen LogP contribution in [-0.2, 0) is 11.2 Å². The molecule has 2 aromatic rings. The van der Waals surface area contributed by atoms with Gasteiger partial charge >= 0.3 is 0 Å². The van der Waals surface area contributed by atoms with Crippen LogP contribution in [0.3, 0.4) is 0 Å². The number of nitro groups is 1. The van der Waals surface area contributed by atoms with E-state index >= 15 is 0 Å². The minimum atomic E-state index is -0.458. The van der Waals surface area contributed by atoms with Crippen molar-refractivity contribution in [1.29, 1.82) is 0 Å². The Kier molecular flexibility index (Phi) is 6.99. The Morgan fingerprint density at radius 2 is 1.85 bits per heavy atom. The van der Waals surface area contributed by atoms with Gasteiger partial charge in [-0.3, -0.25) is 14.9 Å². The van der Waals surface area contributed by atoms with Crippen LogP contribution in [0, 0.1) is 17.0 Å². The summed E-state index contributed by atoms with van der Waals surface area (Å²) in [5.41, 5.74) is 1.49. The van der Waals surface area contributed by atoms with Crippen molar-refractivity contribution in [2.45, 2.75) is 13.3 Å². The second-order valence-corrected chi connectivity index (χ2v) is 5.78. The smallest absolute Gasteiger partial charge is 0.272 e. The van der Waals surface area contributed by atoms with Gasteiger partial charge in [-0.15, -0.1) is 0 Å². The van der Waals surface area contributed by atoms with Gasteiger partial charge in [0, 0.05) is 18.2 Å². The molecule has 0 aliphatic heterocycles. The molecule has 0 aromatic heterocycles. The summed E-state index contributed by atoms with van der Waals surface area (Å²) in [6.07, 6.45) is 0.628. The highest BCUT2D eigenvalue weighted by Gasteiger charge is 2.11. The monoisotopic (exact) mass is 374 g/mol. The number of amides is 1. The molecule has 0 aliphatic carbocycles. The van der Waals surface area contributed by atoms with Crippen LogP contribution >= 0.6 is 0 Å². The number of nitrogens with one attached hydrogen (secondary N) is 1. The van der Waals surface area contributed by atoms with Crippen LogP contribution in [-0.4, -0.2) is 38.2 Å². The van der Waals surface area contributed by atoms with Crippen molar-refractivity contribution in [3.05, 3.63) is 57.6 Å². The number of nitrogens with zero attached hydrogens (tertiary/aromatic N) is 1. The van der Waals surface area contributed by atoms with Crippen molar-refractivity contribution in [3.63, 3.8) is 0 Å². The molecule has 0 spiro atoms. The van der Waals surface area contributed by atoms with Gasteiger partial charge in [-0.2, -0.15) is 0 Å². The van der Waals surface area contributed by atoms with E-state index in [1.165, 1.54) is 18.2 Å². The molecule has 0 aliphatic rings. The Labute approximate surface area is 157 Å². The number of rotatable bonds is 9. The Morgan fingerprint density at radius 3 is 2.48 bits per heavy atom. The van der Waals surface area contributed by atoms with Gasteiger partial charge in [0.25, 0.3) is 11.6 Å². The highest BCUT2D eigenvalue weighted by atomic mass is 16.6. The van der Waals surface area contributed by atoms with Crippen LogP contribution in [0.1, 0.15) is 11.1 Å². The number of ether oxygens (including phenoxy) is 3. The molecule has 1 amide bonds. The maximum absolute atomic E-state index is 11.9. The number of hydrogen-bond donors (Lipinski definition) is 1. The molecule has 0 radical (unpaired) electrons. The van der Waals surface area contributed by atoms with E-state index in [9.17, 15) is 14.9 Å². The number of carbonyl (C=O) groups excluding carboxylic acids is 1. The van der Waals surface area contributed by atoms with Crippen molar-refractivity contribution in [2.24, 2.45) is 0 Å². The fraction of sp³-hybridized carbons (Fsp3) is 0.316. The molecular formula is C19H22N2O6. The van der Waals surface area contributed by atoms with E-state index in [0.717, 1.165) is 5.56 Å². The maximum atomic E-state index is 11.9. The van der Waals surface area contributed by atoms with Crippen LogP contribution in [0.25, 0.3) is 0 Å². The molecule has 0 fully saturated rings. The number of benzene rings is 2. The lowest BCUT2D eigenvalue weighted by atomic mass is 10.1. The summed E-state index contributed by atoms with van der Waals surface area (Å²) in [7, 11) is 3.14. The molecule has 8 heteroatoms. The Hall–Kier alpha value is -3.29. The van der Waals surface area contributed by atoms with Gasteiger partial charge < -0.3 is 19.5 Å². The second kappa shape index (κ2) is 9.42. The SMILES string of the molecule is COc1ccc(CCNC(=O)COc2ccc([N+](=O)[O-])c(C)c2)cc1OC. The number of carbonyl (C=O) groups is 1. The molecule has 2 rings (SSSR count). The van der Waals surface area contributed by atoms with Crippen molar-refractivity contribution in [2.75, 3.05) is 27.4 Å². The molecular weight excluding hydrogens is 352 g/mol. The zero-order chi connectivity index (χ0) is 19.8. The van der Waals surface area contributed by atoms with Gasteiger partial charge in [-0.05, 0) is 43.2 Å². The van der Waals surface area contributed by atoms with Crippen molar-refractivity contribution in [3.8, 4) is 17.2 Å². The fourth-order valence-electron chi connectivity index (χ4n) is 2.50. The first kappa shape index (κ1) is 20.0. The largest absolute Gasteiger partial charge is 0.493 e. The van der Waals surface area contributed by atoms with Gasteiger partial charge in [0.15, 0.2) is 18.1 Å². The summed E-state index contributed by atoms with van der Waals surface area (Å²) in [5, 5.41) is 13.6. The van der Waals surface area contributed by atoms with E-state index in [1.54, 1.807) is 21.1 Å². The summed E-state index contributed by atoms with van der Waals surface area (Å²) >= 11 is 0. The van der Waals surface area contributed by atoms with E-state index in [1.807, 2.05) is 18.2 Å². The topological polar surface area (TPSA) is 99.9 Å². The predicted octanol–water partition coefficient (Wildman–Crippen LogP) is 2.66. The molecule has 0 saturated heterocycles. The molecule has 0 heterocycles. The Morgan fingerprint density at radius 1 is 1.11 bits per heavy atom. The van der Waals surface area contributed by atoms with Gasteiger partial charge in [-0.25, -0.2) is 0 Å². The maximum Gasteiger partial charge on any atom is 0.272 e. The third kappa shape index (κ3) is 5.60. The number of methoxy groups -OCH3 is 2. The lowest BCUT2D eigenvalue weighted by Gasteiger charge is -2.10. The van der Waals surface area contributed by atoms with E-state index in [0.29, 0.717) is 35.8 Å². The van der Waals surface area contributed by atoms with Gasteiger partial charge in [0.2, 0.25) is 0 Å². The zero-order valence-electron chi connectivity index (χ0n) is 15.5. The summed E-state index contributed by atoms with van der Waals surface area (Å²) in [4.78, 5) is 22.2. The molecule has 0 atom stereocenters. The Bertz CT molecular complexity index is 822. The fourth-order valence-corrected chi connectivity index (χ4v) is 2.50. The van der Waals surface area contributed by atoms with Crippen LogP contribution in [0.5, 0.6) is 17.2 Å². The van der Waals surface area contributed by atoms with Crippen molar-refractivity contribution < 1.29 is 23.9 Å². The standard InChI is InChI=1S/C19H22N2O6/c1-13-10-15(5-6-16(13)21(23)24)27-12-19(22)20-9-8-14-4-7-17(25-2)18(11-14)26-3/h4-7,10-11H,8-9,12H2,1-3H3,(H,20,22). The van der Waals surface area contributed by atoms with E-state index in [-0.39, 0.29) is 18.2 Å². The highest BCUT2D eigenvalue weighted by Crippen LogP contribution is 2.27. The first-order valence-corrected chi connectivity index (χ1v) is 8.30. The van der Waals surface area contributed by atoms with E-state index in [4.69, 9.17) is 14.2 Å².